The number of piperazine rings is 1. The molecule has 19 heavy (non-hydrogen) atoms. The number of ether oxygens (including phenoxy) is 1. The van der Waals surface area contributed by atoms with E-state index in [1.54, 1.807) is 4.90 Å². The van der Waals surface area contributed by atoms with Gasteiger partial charge in [0.1, 0.15) is 0 Å². The van der Waals surface area contributed by atoms with Crippen LogP contribution in [0.4, 0.5) is 4.79 Å². The number of urea groups is 1. The van der Waals surface area contributed by atoms with Crippen molar-refractivity contribution in [3.05, 3.63) is 0 Å². The van der Waals surface area contributed by atoms with Gasteiger partial charge in [0.25, 0.3) is 0 Å². The fourth-order valence-corrected chi connectivity index (χ4v) is 2.07. The molecule has 1 saturated heterocycles. The van der Waals surface area contributed by atoms with Crippen molar-refractivity contribution in [2.45, 2.75) is 19.4 Å². The molecular weight excluding hydrogens is 250 g/mol. The maximum Gasteiger partial charge on any atom is 0.328 e. The molecule has 0 bridgehead atoms. The first-order valence-electron chi connectivity index (χ1n) is 6.58. The predicted molar refractivity (Wildman–Crippen MR) is 70.1 cm³/mol. The number of nitrogens with zero attached hydrogens (tertiary/aromatic N) is 2. The van der Waals surface area contributed by atoms with Gasteiger partial charge in [0.15, 0.2) is 6.04 Å². The minimum atomic E-state index is -1.08. The van der Waals surface area contributed by atoms with E-state index < -0.39 is 12.0 Å². The molecule has 1 atom stereocenters. The highest BCUT2D eigenvalue weighted by Gasteiger charge is 2.25. The van der Waals surface area contributed by atoms with E-state index in [9.17, 15) is 9.59 Å². The number of hydrogen-bond acceptors (Lipinski definition) is 4. The van der Waals surface area contributed by atoms with Crippen LogP contribution in [0.1, 0.15) is 13.3 Å². The second-order valence-corrected chi connectivity index (χ2v) is 4.62. The third kappa shape index (κ3) is 5.04. The van der Waals surface area contributed by atoms with Crippen LogP contribution in [0.25, 0.3) is 0 Å². The highest BCUT2D eigenvalue weighted by Crippen LogP contribution is 2.03. The van der Waals surface area contributed by atoms with Gasteiger partial charge in [-0.15, -0.1) is 0 Å². The van der Waals surface area contributed by atoms with Crippen LogP contribution in [0, 0.1) is 0 Å². The number of carboxylic acids is 1. The molecule has 2 N–H and O–H groups in total. The second-order valence-electron chi connectivity index (χ2n) is 4.62. The van der Waals surface area contributed by atoms with E-state index in [2.05, 4.69) is 17.1 Å². The van der Waals surface area contributed by atoms with Crippen molar-refractivity contribution < 1.29 is 19.4 Å². The Morgan fingerprint density at radius 1 is 1.32 bits per heavy atom. The molecule has 0 aromatic heterocycles. The minimum Gasteiger partial charge on any atom is -0.480 e. The molecule has 110 valence electrons. The summed E-state index contributed by atoms with van der Waals surface area (Å²) in [6, 6.07) is -1.33. The smallest absolute Gasteiger partial charge is 0.328 e. The Bertz CT molecular complexity index is 303. The lowest BCUT2D eigenvalue weighted by Crippen LogP contribution is -2.55. The van der Waals surface area contributed by atoms with E-state index in [0.717, 1.165) is 26.1 Å². The Morgan fingerprint density at radius 3 is 2.42 bits per heavy atom. The number of carbonyl (C=O) groups excluding carboxylic acids is 1. The topological polar surface area (TPSA) is 82.1 Å². The van der Waals surface area contributed by atoms with Crippen molar-refractivity contribution in [3.63, 3.8) is 0 Å². The van der Waals surface area contributed by atoms with Crippen molar-refractivity contribution in [1.29, 1.82) is 0 Å². The zero-order valence-corrected chi connectivity index (χ0v) is 11.6. The molecule has 1 unspecified atom stereocenters. The van der Waals surface area contributed by atoms with Gasteiger partial charge in [-0.1, -0.05) is 6.92 Å². The van der Waals surface area contributed by atoms with Crippen molar-refractivity contribution in [1.82, 2.24) is 15.1 Å². The van der Waals surface area contributed by atoms with Crippen molar-refractivity contribution >= 4 is 12.0 Å². The fraction of sp³-hybridized carbons (Fsp3) is 0.833. The number of carbonyl (C=O) groups is 2. The summed E-state index contributed by atoms with van der Waals surface area (Å²) >= 11 is 0. The van der Waals surface area contributed by atoms with Crippen molar-refractivity contribution in [2.24, 2.45) is 0 Å². The Kier molecular flexibility index (Phi) is 6.58. The van der Waals surface area contributed by atoms with E-state index in [1.807, 2.05) is 0 Å². The Hall–Kier alpha value is -1.34. The molecule has 0 aromatic carbocycles. The number of nitrogens with one attached hydrogen (secondary N) is 1. The highest BCUT2D eigenvalue weighted by atomic mass is 16.5. The van der Waals surface area contributed by atoms with Gasteiger partial charge in [0, 0.05) is 33.3 Å². The van der Waals surface area contributed by atoms with E-state index in [4.69, 9.17) is 9.84 Å². The van der Waals surface area contributed by atoms with Gasteiger partial charge in [-0.2, -0.15) is 0 Å². The van der Waals surface area contributed by atoms with Crippen molar-refractivity contribution in [3.8, 4) is 0 Å². The van der Waals surface area contributed by atoms with Gasteiger partial charge in [-0.3, -0.25) is 4.90 Å². The number of rotatable bonds is 6. The van der Waals surface area contributed by atoms with E-state index >= 15 is 0 Å². The Balaban J connectivity index is 2.39. The molecule has 0 radical (unpaired) electrons. The molecule has 0 aliphatic carbocycles. The van der Waals surface area contributed by atoms with E-state index in [0.29, 0.717) is 13.1 Å². The van der Waals surface area contributed by atoms with Crippen LogP contribution < -0.4 is 5.32 Å². The molecule has 1 fully saturated rings. The van der Waals surface area contributed by atoms with Crippen LogP contribution in [0.15, 0.2) is 0 Å². The van der Waals surface area contributed by atoms with Crippen molar-refractivity contribution in [2.75, 3.05) is 46.4 Å². The SMILES string of the molecule is CCCN1CCN(C(=O)NC(COC)C(=O)O)CC1. The molecule has 7 heteroatoms. The first-order valence-corrected chi connectivity index (χ1v) is 6.58. The van der Waals surface area contributed by atoms with Gasteiger partial charge < -0.3 is 20.1 Å². The highest BCUT2D eigenvalue weighted by molar-refractivity contribution is 5.82. The molecule has 2 amide bonds. The van der Waals surface area contributed by atoms with E-state index in [1.165, 1.54) is 7.11 Å². The third-order valence-corrected chi connectivity index (χ3v) is 3.13. The van der Waals surface area contributed by atoms with Crippen LogP contribution >= 0.6 is 0 Å². The summed E-state index contributed by atoms with van der Waals surface area (Å²) in [5.74, 6) is -1.08. The molecule has 1 aliphatic heterocycles. The number of carboxylic acid groups (broad SMARTS) is 1. The van der Waals surface area contributed by atoms with Crippen LogP contribution in [0.5, 0.6) is 0 Å². The summed E-state index contributed by atoms with van der Waals surface area (Å²) in [6.07, 6.45) is 1.10. The molecule has 0 saturated carbocycles. The summed E-state index contributed by atoms with van der Waals surface area (Å²) in [6.45, 7) is 6.07. The maximum absolute atomic E-state index is 11.9. The number of methoxy groups -OCH3 is 1. The molecule has 1 rings (SSSR count). The number of amides is 2. The molecule has 7 nitrogen and oxygen atoms in total. The molecule has 0 aromatic rings. The summed E-state index contributed by atoms with van der Waals surface area (Å²) < 4.78 is 4.78. The first-order chi connectivity index (χ1) is 9.08. The number of aliphatic carboxylic acids is 1. The molecule has 1 aliphatic rings. The molecular formula is C12H23N3O4. The fourth-order valence-electron chi connectivity index (χ4n) is 2.07. The summed E-state index contributed by atoms with van der Waals surface area (Å²) in [7, 11) is 1.41. The maximum atomic E-state index is 11.9. The standard InChI is InChI=1S/C12H23N3O4/c1-3-4-14-5-7-15(8-6-14)12(18)13-10(9-19-2)11(16)17/h10H,3-9H2,1-2H3,(H,13,18)(H,16,17). The zero-order valence-electron chi connectivity index (χ0n) is 11.6. The summed E-state index contributed by atoms with van der Waals surface area (Å²) in [5, 5.41) is 11.4. The van der Waals surface area contributed by atoms with Crippen LogP contribution in [0.3, 0.4) is 0 Å². The third-order valence-electron chi connectivity index (χ3n) is 3.13. The van der Waals surface area contributed by atoms with Gasteiger partial charge in [0.2, 0.25) is 0 Å². The van der Waals surface area contributed by atoms with Gasteiger partial charge in [-0.05, 0) is 13.0 Å². The average Bonchev–Trinajstić information content (AvgIpc) is 2.39. The van der Waals surface area contributed by atoms with Gasteiger partial charge in [-0.25, -0.2) is 9.59 Å². The quantitative estimate of drug-likeness (QED) is 0.702. The normalized spacial score (nSPS) is 18.1. The average molecular weight is 273 g/mol. The van der Waals surface area contributed by atoms with E-state index in [-0.39, 0.29) is 12.6 Å². The largest absolute Gasteiger partial charge is 0.480 e. The minimum absolute atomic E-state index is 0.0309. The number of hydrogen-bond donors (Lipinski definition) is 2. The second kappa shape index (κ2) is 7.96. The molecule has 1 heterocycles. The van der Waals surface area contributed by atoms with Crippen LogP contribution in [0.2, 0.25) is 0 Å². The first kappa shape index (κ1) is 15.7. The zero-order chi connectivity index (χ0) is 14.3. The lowest BCUT2D eigenvalue weighted by molar-refractivity contribution is -0.140. The van der Waals surface area contributed by atoms with Crippen LogP contribution in [-0.2, 0) is 9.53 Å². The van der Waals surface area contributed by atoms with Gasteiger partial charge >= 0.3 is 12.0 Å². The Morgan fingerprint density at radius 2 is 1.95 bits per heavy atom. The monoisotopic (exact) mass is 273 g/mol. The van der Waals surface area contributed by atoms with Crippen LogP contribution in [-0.4, -0.2) is 79.4 Å². The lowest BCUT2D eigenvalue weighted by atomic mass is 10.3. The Labute approximate surface area is 113 Å². The predicted octanol–water partition coefficient (Wildman–Crippen LogP) is -0.177. The molecule has 0 spiro atoms. The lowest BCUT2D eigenvalue weighted by Gasteiger charge is -2.35. The summed E-state index contributed by atoms with van der Waals surface area (Å²) in [4.78, 5) is 26.8. The van der Waals surface area contributed by atoms with Gasteiger partial charge in [0.05, 0.1) is 6.61 Å². The summed E-state index contributed by atoms with van der Waals surface area (Å²) in [5.41, 5.74) is 0.